The third-order valence-corrected chi connectivity index (χ3v) is 3.90. The summed E-state index contributed by atoms with van der Waals surface area (Å²) in [4.78, 5) is 11.3. The second-order valence-corrected chi connectivity index (χ2v) is 4.99. The van der Waals surface area contributed by atoms with Crippen molar-refractivity contribution in [2.24, 2.45) is 5.92 Å². The van der Waals surface area contributed by atoms with Crippen LogP contribution in [0.4, 0.5) is 0 Å². The van der Waals surface area contributed by atoms with Crippen LogP contribution < -0.4 is 0 Å². The Balaban J connectivity index is 3.42. The van der Waals surface area contributed by atoms with Crippen LogP contribution in [0, 0.1) is 5.92 Å². The topological polar surface area (TPSA) is 98.0 Å². The lowest BCUT2D eigenvalue weighted by molar-refractivity contribution is 0.0350. The van der Waals surface area contributed by atoms with Gasteiger partial charge in [0.2, 0.25) is 0 Å². The largest absolute Gasteiger partial charge is 0.478 e. The first-order valence-corrected chi connectivity index (χ1v) is 6.72. The molecule has 0 aliphatic carbocycles. The van der Waals surface area contributed by atoms with Crippen LogP contribution in [0.15, 0.2) is 24.3 Å². The van der Waals surface area contributed by atoms with E-state index in [1.807, 2.05) is 6.92 Å². The number of rotatable bonds is 8. The molecule has 5 nitrogen and oxygen atoms in total. The van der Waals surface area contributed by atoms with E-state index in [-0.39, 0.29) is 12.2 Å². The quantitative estimate of drug-likeness (QED) is 0.570. The van der Waals surface area contributed by atoms with E-state index in [0.29, 0.717) is 12.0 Å². The summed E-state index contributed by atoms with van der Waals surface area (Å²) >= 11 is 0. The molecule has 1 aromatic rings. The lowest BCUT2D eigenvalue weighted by Crippen LogP contribution is -2.45. The fraction of sp³-hybridized carbons (Fsp3) is 0.533. The Bertz CT molecular complexity index is 440. The first-order chi connectivity index (χ1) is 9.57. The van der Waals surface area contributed by atoms with Gasteiger partial charge in [0.1, 0.15) is 0 Å². The zero-order valence-corrected chi connectivity index (χ0v) is 11.6. The third-order valence-electron chi connectivity index (χ3n) is 3.90. The number of carboxylic acid groups (broad SMARTS) is 1. The van der Waals surface area contributed by atoms with Crippen LogP contribution in [0.1, 0.15) is 35.7 Å². The smallest absolute Gasteiger partial charge is 0.335 e. The van der Waals surface area contributed by atoms with E-state index < -0.39 is 30.5 Å². The van der Waals surface area contributed by atoms with Crippen molar-refractivity contribution in [3.05, 3.63) is 35.4 Å². The summed E-state index contributed by atoms with van der Waals surface area (Å²) < 4.78 is 0. The summed E-state index contributed by atoms with van der Waals surface area (Å²) in [6.45, 7) is 0.881. The third kappa shape index (κ3) is 3.00. The normalized spacial score (nSPS) is 13.2. The van der Waals surface area contributed by atoms with Crippen LogP contribution in [0.5, 0.6) is 0 Å². The average Bonchev–Trinajstić information content (AvgIpc) is 2.48. The molecule has 0 saturated heterocycles. The molecule has 0 amide bonds. The van der Waals surface area contributed by atoms with Gasteiger partial charge in [0.25, 0.3) is 0 Å². The molecule has 1 aromatic carbocycles. The highest BCUT2D eigenvalue weighted by molar-refractivity contribution is 5.89. The van der Waals surface area contributed by atoms with E-state index in [1.54, 1.807) is 18.2 Å². The Kier molecular flexibility index (Phi) is 6.13. The highest BCUT2D eigenvalue weighted by atomic mass is 16.4. The number of hydrogen-bond acceptors (Lipinski definition) is 4. The Morgan fingerprint density at radius 2 is 1.80 bits per heavy atom. The van der Waals surface area contributed by atoms with Gasteiger partial charge >= 0.3 is 5.97 Å². The number of aromatic carboxylic acids is 1. The van der Waals surface area contributed by atoms with Crippen LogP contribution in [0.2, 0.25) is 0 Å². The molecule has 0 aromatic heterocycles. The van der Waals surface area contributed by atoms with E-state index in [0.717, 1.165) is 6.42 Å². The monoisotopic (exact) mass is 282 g/mol. The van der Waals surface area contributed by atoms with Crippen molar-refractivity contribution in [3.8, 4) is 0 Å². The van der Waals surface area contributed by atoms with Gasteiger partial charge in [-0.1, -0.05) is 31.5 Å². The van der Waals surface area contributed by atoms with E-state index in [9.17, 15) is 25.2 Å². The number of carboxylic acids is 1. The molecule has 112 valence electrons. The first kappa shape index (κ1) is 16.6. The number of aliphatic hydroxyl groups excluding tert-OH is 3. The molecule has 4 N–H and O–H groups in total. The highest BCUT2D eigenvalue weighted by Crippen LogP contribution is 2.36. The van der Waals surface area contributed by atoms with E-state index >= 15 is 0 Å². The molecule has 0 heterocycles. The molecular weight excluding hydrogens is 260 g/mol. The van der Waals surface area contributed by atoms with Crippen LogP contribution in [-0.2, 0) is 5.41 Å². The Morgan fingerprint density at radius 3 is 2.25 bits per heavy atom. The van der Waals surface area contributed by atoms with Crippen LogP contribution in [-0.4, -0.2) is 46.2 Å². The zero-order chi connectivity index (χ0) is 15.2. The molecule has 20 heavy (non-hydrogen) atoms. The van der Waals surface area contributed by atoms with E-state index in [1.165, 1.54) is 6.07 Å². The van der Waals surface area contributed by atoms with Gasteiger partial charge in [0.15, 0.2) is 0 Å². The molecule has 0 aliphatic heterocycles. The minimum atomic E-state index is -1.15. The van der Waals surface area contributed by atoms with Crippen molar-refractivity contribution in [2.45, 2.75) is 25.2 Å². The second-order valence-electron chi connectivity index (χ2n) is 4.99. The molecule has 5 heteroatoms. The van der Waals surface area contributed by atoms with Crippen LogP contribution in [0.25, 0.3) is 0 Å². The van der Waals surface area contributed by atoms with E-state index in [4.69, 9.17) is 0 Å². The fourth-order valence-electron chi connectivity index (χ4n) is 2.69. The Hall–Kier alpha value is -1.43. The lowest BCUT2D eigenvalue weighted by Gasteiger charge is -2.38. The Labute approximate surface area is 118 Å². The SMILES string of the molecule is CCCC(CO)C(CO)(CO)c1ccccc1C(=O)O. The number of benzene rings is 1. The van der Waals surface area contributed by atoms with Crippen molar-refractivity contribution < 1.29 is 25.2 Å². The maximum Gasteiger partial charge on any atom is 0.335 e. The minimum Gasteiger partial charge on any atom is -0.478 e. The lowest BCUT2D eigenvalue weighted by atomic mass is 9.68. The molecule has 0 radical (unpaired) electrons. The predicted molar refractivity (Wildman–Crippen MR) is 74.7 cm³/mol. The standard InChI is InChI=1S/C15H22O5/c1-2-5-11(8-16)15(9-17,10-18)13-7-4-3-6-12(13)14(19)20/h3-4,6-7,11,16-18H,2,5,8-10H2,1H3,(H,19,20). The Morgan fingerprint density at radius 1 is 1.20 bits per heavy atom. The van der Waals surface area contributed by atoms with Gasteiger partial charge < -0.3 is 20.4 Å². The molecule has 1 rings (SSSR count). The van der Waals surface area contributed by atoms with Crippen LogP contribution in [0.3, 0.4) is 0 Å². The van der Waals surface area contributed by atoms with Gasteiger partial charge in [-0.05, 0) is 24.0 Å². The van der Waals surface area contributed by atoms with Crippen molar-refractivity contribution in [3.63, 3.8) is 0 Å². The minimum absolute atomic E-state index is 0.0464. The second kappa shape index (κ2) is 7.38. The highest BCUT2D eigenvalue weighted by Gasteiger charge is 2.41. The summed E-state index contributed by atoms with van der Waals surface area (Å²) in [6.07, 6.45) is 1.35. The number of hydrogen-bond donors (Lipinski definition) is 4. The van der Waals surface area contributed by atoms with Gasteiger partial charge in [-0.25, -0.2) is 4.79 Å². The predicted octanol–water partition coefficient (Wildman–Crippen LogP) is 1.02. The van der Waals surface area contributed by atoms with Gasteiger partial charge in [-0.15, -0.1) is 0 Å². The summed E-state index contributed by atoms with van der Waals surface area (Å²) in [6, 6.07) is 6.30. The van der Waals surface area contributed by atoms with E-state index in [2.05, 4.69) is 0 Å². The fourth-order valence-corrected chi connectivity index (χ4v) is 2.69. The van der Waals surface area contributed by atoms with Crippen molar-refractivity contribution in [2.75, 3.05) is 19.8 Å². The molecular formula is C15H22O5. The molecule has 0 saturated carbocycles. The van der Waals surface area contributed by atoms with Crippen LogP contribution >= 0.6 is 0 Å². The van der Waals surface area contributed by atoms with Crippen molar-refractivity contribution >= 4 is 5.97 Å². The molecule has 1 unspecified atom stereocenters. The summed E-state index contributed by atoms with van der Waals surface area (Å²) in [5.41, 5.74) is -0.741. The average molecular weight is 282 g/mol. The molecule has 0 spiro atoms. The number of carbonyl (C=O) groups is 1. The molecule has 0 bridgehead atoms. The van der Waals surface area contributed by atoms with Gasteiger partial charge in [0.05, 0.1) is 18.8 Å². The number of aliphatic hydroxyl groups is 3. The molecule has 0 fully saturated rings. The maximum absolute atomic E-state index is 11.3. The first-order valence-electron chi connectivity index (χ1n) is 6.72. The van der Waals surface area contributed by atoms with Crippen molar-refractivity contribution in [1.29, 1.82) is 0 Å². The summed E-state index contributed by atoms with van der Waals surface area (Å²) in [7, 11) is 0. The maximum atomic E-state index is 11.3. The zero-order valence-electron chi connectivity index (χ0n) is 11.6. The molecule has 0 aliphatic rings. The van der Waals surface area contributed by atoms with Gasteiger partial charge in [0, 0.05) is 12.0 Å². The summed E-state index contributed by atoms with van der Waals surface area (Å²) in [5.74, 6) is -1.51. The van der Waals surface area contributed by atoms with Crippen molar-refractivity contribution in [1.82, 2.24) is 0 Å². The summed E-state index contributed by atoms with van der Waals surface area (Å²) in [5, 5.41) is 38.5. The van der Waals surface area contributed by atoms with Gasteiger partial charge in [-0.2, -0.15) is 0 Å². The van der Waals surface area contributed by atoms with Gasteiger partial charge in [-0.3, -0.25) is 0 Å². The molecule has 1 atom stereocenters.